The minimum absolute atomic E-state index is 0.233. The summed E-state index contributed by atoms with van der Waals surface area (Å²) in [4.78, 5) is 7.90. The molecule has 0 amide bonds. The number of aromatic nitrogens is 2. The summed E-state index contributed by atoms with van der Waals surface area (Å²) in [6.07, 6.45) is 3.83. The van der Waals surface area contributed by atoms with Gasteiger partial charge in [-0.05, 0) is 35.9 Å². The molecule has 0 radical (unpaired) electrons. The van der Waals surface area contributed by atoms with E-state index in [-0.39, 0.29) is 5.28 Å². The second kappa shape index (κ2) is 4.90. The maximum Gasteiger partial charge on any atom is 0.224 e. The number of nitrogen functional groups attached to an aromatic ring is 1. The number of halogens is 1. The van der Waals surface area contributed by atoms with Crippen molar-refractivity contribution in [2.75, 3.05) is 22.6 Å². The molecule has 1 aliphatic rings. The lowest BCUT2D eigenvalue weighted by molar-refractivity contribution is 0.664. The van der Waals surface area contributed by atoms with Crippen molar-refractivity contribution in [1.82, 2.24) is 9.97 Å². The Hall–Kier alpha value is -0.680. The van der Waals surface area contributed by atoms with Gasteiger partial charge < -0.3 is 11.1 Å². The van der Waals surface area contributed by atoms with E-state index in [2.05, 4.69) is 15.3 Å². The monoisotopic (exact) mass is 244 g/mol. The summed E-state index contributed by atoms with van der Waals surface area (Å²) in [6.45, 7) is 0. The Balaban J connectivity index is 2.05. The molecule has 0 saturated carbocycles. The van der Waals surface area contributed by atoms with Crippen LogP contribution in [0.1, 0.15) is 12.8 Å². The van der Waals surface area contributed by atoms with Gasteiger partial charge in [-0.1, -0.05) is 0 Å². The number of hydrogen-bond donors (Lipinski definition) is 2. The number of anilines is 2. The van der Waals surface area contributed by atoms with Crippen LogP contribution in [0.3, 0.4) is 0 Å². The zero-order chi connectivity index (χ0) is 10.7. The molecular weight excluding hydrogens is 232 g/mol. The Labute approximate surface area is 98.0 Å². The molecule has 0 bridgehead atoms. The predicted octanol–water partition coefficient (Wildman–Crippen LogP) is 2.02. The number of nitrogens with two attached hydrogens (primary N) is 1. The summed E-state index contributed by atoms with van der Waals surface area (Å²) < 4.78 is 0. The van der Waals surface area contributed by atoms with Crippen molar-refractivity contribution in [3.63, 3.8) is 0 Å². The molecule has 1 aromatic rings. The SMILES string of the molecule is Nc1cnc(Cl)nc1NC1CCSCC1. The fraction of sp³-hybridized carbons (Fsp3) is 0.556. The standard InChI is InChI=1S/C9H13ClN4S/c10-9-12-5-7(11)8(14-9)13-6-1-3-15-4-2-6/h5-6H,1-4,11H2,(H,12,13,14). The first-order valence-corrected chi connectivity index (χ1v) is 6.41. The van der Waals surface area contributed by atoms with Crippen LogP contribution in [-0.4, -0.2) is 27.5 Å². The van der Waals surface area contributed by atoms with Crippen molar-refractivity contribution < 1.29 is 0 Å². The number of rotatable bonds is 2. The summed E-state index contributed by atoms with van der Waals surface area (Å²) in [5.41, 5.74) is 6.31. The average molecular weight is 245 g/mol. The molecule has 0 atom stereocenters. The third-order valence-electron chi connectivity index (χ3n) is 2.35. The van der Waals surface area contributed by atoms with E-state index in [9.17, 15) is 0 Å². The van der Waals surface area contributed by atoms with Crippen LogP contribution in [0.25, 0.3) is 0 Å². The van der Waals surface area contributed by atoms with Crippen LogP contribution in [0, 0.1) is 0 Å². The molecule has 15 heavy (non-hydrogen) atoms. The third kappa shape index (κ3) is 2.89. The van der Waals surface area contributed by atoms with Gasteiger partial charge in [-0.2, -0.15) is 16.7 Å². The number of hydrogen-bond acceptors (Lipinski definition) is 5. The fourth-order valence-corrected chi connectivity index (χ4v) is 2.76. The zero-order valence-corrected chi connectivity index (χ0v) is 9.81. The Morgan fingerprint density at radius 2 is 2.20 bits per heavy atom. The van der Waals surface area contributed by atoms with Gasteiger partial charge in [-0.25, -0.2) is 4.98 Å². The Bertz CT molecular complexity index is 341. The molecule has 1 aromatic heterocycles. The lowest BCUT2D eigenvalue weighted by Crippen LogP contribution is -2.25. The van der Waals surface area contributed by atoms with Crippen molar-refractivity contribution in [3.8, 4) is 0 Å². The lowest BCUT2D eigenvalue weighted by Gasteiger charge is -2.23. The predicted molar refractivity (Wildman–Crippen MR) is 65.4 cm³/mol. The van der Waals surface area contributed by atoms with Crippen LogP contribution in [-0.2, 0) is 0 Å². The van der Waals surface area contributed by atoms with Crippen molar-refractivity contribution in [2.24, 2.45) is 0 Å². The van der Waals surface area contributed by atoms with Crippen LogP contribution in [0.5, 0.6) is 0 Å². The molecule has 0 aromatic carbocycles. The van der Waals surface area contributed by atoms with Gasteiger partial charge in [0.25, 0.3) is 0 Å². The van der Waals surface area contributed by atoms with Crippen LogP contribution in [0.4, 0.5) is 11.5 Å². The molecule has 1 aliphatic heterocycles. The van der Waals surface area contributed by atoms with E-state index < -0.39 is 0 Å². The van der Waals surface area contributed by atoms with Crippen molar-refractivity contribution in [2.45, 2.75) is 18.9 Å². The van der Waals surface area contributed by atoms with Crippen molar-refractivity contribution in [1.29, 1.82) is 0 Å². The first-order valence-electron chi connectivity index (χ1n) is 4.88. The molecule has 1 saturated heterocycles. The zero-order valence-electron chi connectivity index (χ0n) is 8.24. The van der Waals surface area contributed by atoms with Gasteiger partial charge in [0.1, 0.15) is 0 Å². The number of thioether (sulfide) groups is 1. The van der Waals surface area contributed by atoms with Crippen molar-refractivity contribution >= 4 is 34.9 Å². The van der Waals surface area contributed by atoms with E-state index in [1.54, 1.807) is 0 Å². The van der Waals surface area contributed by atoms with Gasteiger partial charge in [-0.3, -0.25) is 0 Å². The van der Waals surface area contributed by atoms with E-state index >= 15 is 0 Å². The van der Waals surface area contributed by atoms with Crippen LogP contribution < -0.4 is 11.1 Å². The molecule has 6 heteroatoms. The first-order chi connectivity index (χ1) is 7.25. The van der Waals surface area contributed by atoms with Gasteiger partial charge in [-0.15, -0.1) is 0 Å². The minimum atomic E-state index is 0.233. The molecule has 0 aliphatic carbocycles. The van der Waals surface area contributed by atoms with E-state index in [0.29, 0.717) is 17.5 Å². The highest BCUT2D eigenvalue weighted by atomic mass is 35.5. The van der Waals surface area contributed by atoms with E-state index in [4.69, 9.17) is 17.3 Å². The van der Waals surface area contributed by atoms with E-state index in [1.807, 2.05) is 11.8 Å². The van der Waals surface area contributed by atoms with Gasteiger partial charge >= 0.3 is 0 Å². The normalized spacial score (nSPS) is 17.7. The fourth-order valence-electron chi connectivity index (χ4n) is 1.52. The van der Waals surface area contributed by atoms with Gasteiger partial charge in [0.05, 0.1) is 11.9 Å². The molecule has 2 heterocycles. The summed E-state index contributed by atoms with van der Waals surface area (Å²) >= 11 is 7.70. The Morgan fingerprint density at radius 1 is 1.47 bits per heavy atom. The Kier molecular flexibility index (Phi) is 3.53. The summed E-state index contributed by atoms with van der Waals surface area (Å²) in [5.74, 6) is 3.04. The maximum absolute atomic E-state index is 5.76. The molecule has 1 fully saturated rings. The minimum Gasteiger partial charge on any atom is -0.394 e. The smallest absolute Gasteiger partial charge is 0.224 e. The van der Waals surface area contributed by atoms with Gasteiger partial charge in [0.15, 0.2) is 5.82 Å². The summed E-state index contributed by atoms with van der Waals surface area (Å²) in [6, 6.07) is 0.458. The van der Waals surface area contributed by atoms with Crippen LogP contribution in [0.2, 0.25) is 5.28 Å². The second-order valence-corrected chi connectivity index (χ2v) is 5.04. The molecule has 82 valence electrons. The van der Waals surface area contributed by atoms with Gasteiger partial charge in [0.2, 0.25) is 5.28 Å². The largest absolute Gasteiger partial charge is 0.394 e. The molecule has 4 nitrogen and oxygen atoms in total. The number of nitrogens with zero attached hydrogens (tertiary/aromatic N) is 2. The molecular formula is C9H13ClN4S. The maximum atomic E-state index is 5.76. The topological polar surface area (TPSA) is 63.8 Å². The quantitative estimate of drug-likeness (QED) is 0.780. The second-order valence-electron chi connectivity index (χ2n) is 3.47. The van der Waals surface area contributed by atoms with E-state index in [1.165, 1.54) is 17.7 Å². The summed E-state index contributed by atoms with van der Waals surface area (Å²) in [5, 5.41) is 3.55. The highest BCUT2D eigenvalue weighted by Gasteiger charge is 2.15. The molecule has 3 N–H and O–H groups in total. The molecule has 2 rings (SSSR count). The highest BCUT2D eigenvalue weighted by molar-refractivity contribution is 7.99. The number of nitrogens with one attached hydrogen (secondary N) is 1. The van der Waals surface area contributed by atoms with Crippen LogP contribution >= 0.6 is 23.4 Å². The molecule has 0 unspecified atom stereocenters. The first kappa shape index (κ1) is 10.8. The van der Waals surface area contributed by atoms with Gasteiger partial charge in [0, 0.05) is 6.04 Å². The van der Waals surface area contributed by atoms with Crippen LogP contribution in [0.15, 0.2) is 6.20 Å². The van der Waals surface area contributed by atoms with E-state index in [0.717, 1.165) is 12.8 Å². The average Bonchev–Trinajstić information content (AvgIpc) is 2.25. The highest BCUT2D eigenvalue weighted by Crippen LogP contribution is 2.23. The molecule has 0 spiro atoms. The third-order valence-corrected chi connectivity index (χ3v) is 3.58. The van der Waals surface area contributed by atoms with Crippen molar-refractivity contribution in [3.05, 3.63) is 11.5 Å². The lowest BCUT2D eigenvalue weighted by atomic mass is 10.1. The Morgan fingerprint density at radius 3 is 2.93 bits per heavy atom. The summed E-state index contributed by atoms with van der Waals surface area (Å²) in [7, 11) is 0.